The SMILES string of the molecule is N#Cc1ccc(-c2cn(S(=O)(=O)c3ccccc3)c3cc([N+](=O)[O-])ccc23)cc1F. The molecule has 0 atom stereocenters. The number of aromatic nitrogens is 1. The van der Waals surface area contributed by atoms with Crippen molar-refractivity contribution >= 4 is 26.6 Å². The van der Waals surface area contributed by atoms with E-state index >= 15 is 0 Å². The van der Waals surface area contributed by atoms with Crippen molar-refractivity contribution in [2.45, 2.75) is 4.90 Å². The minimum Gasteiger partial charge on any atom is -0.258 e. The van der Waals surface area contributed by atoms with Crippen molar-refractivity contribution in [2.75, 3.05) is 0 Å². The van der Waals surface area contributed by atoms with Gasteiger partial charge in [0.2, 0.25) is 0 Å². The van der Waals surface area contributed by atoms with Crippen LogP contribution in [0.1, 0.15) is 5.56 Å². The van der Waals surface area contributed by atoms with Gasteiger partial charge >= 0.3 is 0 Å². The number of halogens is 1. The summed E-state index contributed by atoms with van der Waals surface area (Å²) in [7, 11) is -4.07. The van der Waals surface area contributed by atoms with E-state index in [2.05, 4.69) is 0 Å². The van der Waals surface area contributed by atoms with Crippen molar-refractivity contribution in [3.8, 4) is 17.2 Å². The minimum atomic E-state index is -4.07. The molecule has 0 aliphatic rings. The summed E-state index contributed by atoms with van der Waals surface area (Å²) < 4.78 is 41.6. The number of nitro benzene ring substituents is 1. The summed E-state index contributed by atoms with van der Waals surface area (Å²) >= 11 is 0. The second-order valence-corrected chi connectivity index (χ2v) is 8.24. The molecule has 4 rings (SSSR count). The molecule has 0 saturated carbocycles. The van der Waals surface area contributed by atoms with E-state index < -0.39 is 20.8 Å². The van der Waals surface area contributed by atoms with Crippen LogP contribution in [0.5, 0.6) is 0 Å². The number of hydrogen-bond acceptors (Lipinski definition) is 5. The molecule has 0 aliphatic heterocycles. The van der Waals surface area contributed by atoms with E-state index in [1.54, 1.807) is 24.3 Å². The van der Waals surface area contributed by atoms with Crippen LogP contribution in [-0.2, 0) is 10.0 Å². The van der Waals surface area contributed by atoms with Gasteiger partial charge in [-0.1, -0.05) is 24.3 Å². The first-order chi connectivity index (χ1) is 14.3. The number of nitro groups is 1. The molecule has 0 radical (unpaired) electrons. The molecule has 4 aromatic rings. The van der Waals surface area contributed by atoms with Crippen molar-refractivity contribution in [2.24, 2.45) is 0 Å². The van der Waals surface area contributed by atoms with Gasteiger partial charge in [0.05, 0.1) is 20.9 Å². The van der Waals surface area contributed by atoms with E-state index in [0.29, 0.717) is 16.5 Å². The van der Waals surface area contributed by atoms with E-state index in [-0.39, 0.29) is 21.7 Å². The lowest BCUT2D eigenvalue weighted by molar-refractivity contribution is -0.384. The Kier molecular flexibility index (Phi) is 4.56. The minimum absolute atomic E-state index is 0.00552. The maximum atomic E-state index is 14.2. The molecule has 148 valence electrons. The highest BCUT2D eigenvalue weighted by Crippen LogP contribution is 2.35. The molecular weight excluding hydrogens is 409 g/mol. The van der Waals surface area contributed by atoms with Gasteiger partial charge in [-0.2, -0.15) is 5.26 Å². The molecule has 0 bridgehead atoms. The average molecular weight is 421 g/mol. The molecule has 7 nitrogen and oxygen atoms in total. The van der Waals surface area contributed by atoms with Crippen LogP contribution < -0.4 is 0 Å². The van der Waals surface area contributed by atoms with E-state index in [4.69, 9.17) is 5.26 Å². The van der Waals surface area contributed by atoms with Gasteiger partial charge in [0.15, 0.2) is 0 Å². The zero-order valence-corrected chi connectivity index (χ0v) is 16.0. The topological polar surface area (TPSA) is 106 Å². The van der Waals surface area contributed by atoms with Crippen LogP contribution in [-0.4, -0.2) is 17.3 Å². The summed E-state index contributed by atoms with van der Waals surface area (Å²) in [6, 6.07) is 17.1. The molecule has 0 spiro atoms. The quantitative estimate of drug-likeness (QED) is 0.357. The fourth-order valence-corrected chi connectivity index (χ4v) is 4.59. The van der Waals surface area contributed by atoms with Gasteiger partial charge < -0.3 is 0 Å². The molecule has 0 N–H and O–H groups in total. The van der Waals surface area contributed by atoms with Crippen molar-refractivity contribution in [1.29, 1.82) is 5.26 Å². The molecule has 0 saturated heterocycles. The highest BCUT2D eigenvalue weighted by atomic mass is 32.2. The van der Waals surface area contributed by atoms with Gasteiger partial charge in [0.1, 0.15) is 11.9 Å². The Morgan fingerprint density at radius 3 is 2.40 bits per heavy atom. The number of rotatable bonds is 4. The first-order valence-corrected chi connectivity index (χ1v) is 10.1. The third-order valence-corrected chi connectivity index (χ3v) is 6.35. The second-order valence-electron chi connectivity index (χ2n) is 6.42. The lowest BCUT2D eigenvalue weighted by Gasteiger charge is -2.07. The van der Waals surface area contributed by atoms with Crippen LogP contribution in [0.25, 0.3) is 22.0 Å². The average Bonchev–Trinajstić information content (AvgIpc) is 3.14. The predicted octanol–water partition coefficient (Wildman–Crippen LogP) is 4.46. The number of benzene rings is 3. The molecule has 0 fully saturated rings. The van der Waals surface area contributed by atoms with Gasteiger partial charge in [-0.25, -0.2) is 16.8 Å². The molecule has 30 heavy (non-hydrogen) atoms. The van der Waals surface area contributed by atoms with Crippen LogP contribution in [0.4, 0.5) is 10.1 Å². The van der Waals surface area contributed by atoms with E-state index in [9.17, 15) is 22.9 Å². The summed E-state index contributed by atoms with van der Waals surface area (Å²) in [5, 5.41) is 20.6. The van der Waals surface area contributed by atoms with E-state index in [0.717, 1.165) is 10.0 Å². The first-order valence-electron chi connectivity index (χ1n) is 8.63. The number of nitrogens with zero attached hydrogens (tertiary/aromatic N) is 3. The van der Waals surface area contributed by atoms with Crippen LogP contribution in [0.2, 0.25) is 0 Å². The van der Waals surface area contributed by atoms with Gasteiger partial charge in [0.25, 0.3) is 15.7 Å². The summed E-state index contributed by atoms with van der Waals surface area (Å²) in [4.78, 5) is 10.6. The molecule has 1 heterocycles. The third-order valence-electron chi connectivity index (χ3n) is 4.67. The smallest absolute Gasteiger partial charge is 0.258 e. The van der Waals surface area contributed by atoms with Crippen molar-refractivity contribution in [3.63, 3.8) is 0 Å². The van der Waals surface area contributed by atoms with Crippen LogP contribution in [0.15, 0.2) is 77.8 Å². The van der Waals surface area contributed by atoms with Crippen LogP contribution in [0, 0.1) is 27.3 Å². The van der Waals surface area contributed by atoms with Crippen molar-refractivity contribution in [1.82, 2.24) is 3.97 Å². The van der Waals surface area contributed by atoms with Gasteiger partial charge in [-0.15, -0.1) is 0 Å². The highest BCUT2D eigenvalue weighted by Gasteiger charge is 2.23. The Balaban J connectivity index is 2.04. The molecule has 1 aromatic heterocycles. The number of fused-ring (bicyclic) bond motifs is 1. The number of nitriles is 1. The third kappa shape index (κ3) is 3.09. The summed E-state index contributed by atoms with van der Waals surface area (Å²) in [6.45, 7) is 0. The zero-order chi connectivity index (χ0) is 21.5. The molecule has 0 aliphatic carbocycles. The Labute approximate surface area is 170 Å². The summed E-state index contributed by atoms with van der Waals surface area (Å²) in [5.41, 5.74) is 0.376. The molecular formula is C21H12FN3O4S. The monoisotopic (exact) mass is 421 g/mol. The molecule has 0 unspecified atom stereocenters. The van der Waals surface area contributed by atoms with Gasteiger partial charge in [0, 0.05) is 29.3 Å². The maximum Gasteiger partial charge on any atom is 0.271 e. The standard InChI is InChI=1S/C21H12FN3O4S/c22-20-10-14(6-7-15(20)12-23)19-13-24(30(28,29)17-4-2-1-3-5-17)21-11-16(25(26)27)8-9-18(19)21/h1-11,13H. The van der Waals surface area contributed by atoms with Gasteiger partial charge in [-0.3, -0.25) is 10.1 Å². The van der Waals surface area contributed by atoms with Crippen molar-refractivity contribution < 1.29 is 17.7 Å². The first kappa shape index (κ1) is 19.3. The lowest BCUT2D eigenvalue weighted by atomic mass is 10.0. The Bertz CT molecular complexity index is 1460. The molecule has 0 amide bonds. The van der Waals surface area contributed by atoms with Crippen LogP contribution in [0.3, 0.4) is 0 Å². The zero-order valence-electron chi connectivity index (χ0n) is 15.2. The largest absolute Gasteiger partial charge is 0.271 e. The number of hydrogen-bond donors (Lipinski definition) is 0. The Morgan fingerprint density at radius 2 is 1.77 bits per heavy atom. The normalized spacial score (nSPS) is 11.3. The second kappa shape index (κ2) is 7.09. The fraction of sp³-hybridized carbons (Fsp3) is 0. The van der Waals surface area contributed by atoms with Crippen molar-refractivity contribution in [3.05, 3.63) is 94.4 Å². The van der Waals surface area contributed by atoms with Gasteiger partial charge in [-0.05, 0) is 35.9 Å². The highest BCUT2D eigenvalue weighted by molar-refractivity contribution is 7.90. The van der Waals surface area contributed by atoms with E-state index in [1.165, 1.54) is 48.7 Å². The molecule has 9 heteroatoms. The Morgan fingerprint density at radius 1 is 1.03 bits per heavy atom. The van der Waals surface area contributed by atoms with Crippen LogP contribution >= 0.6 is 0 Å². The maximum absolute atomic E-state index is 14.2. The summed E-state index contributed by atoms with van der Waals surface area (Å²) in [6.07, 6.45) is 1.30. The summed E-state index contributed by atoms with van der Waals surface area (Å²) in [5.74, 6) is -0.747. The lowest BCUT2D eigenvalue weighted by Crippen LogP contribution is -2.11. The number of non-ortho nitro benzene ring substituents is 1. The predicted molar refractivity (Wildman–Crippen MR) is 108 cm³/mol. The fourth-order valence-electron chi connectivity index (χ4n) is 3.21. The Hall–Kier alpha value is -4.03. The van der Waals surface area contributed by atoms with E-state index in [1.807, 2.05) is 0 Å². The molecule has 3 aromatic carbocycles.